The van der Waals surface area contributed by atoms with Gasteiger partial charge in [-0.15, -0.1) is 0 Å². The molecular weight excluding hydrogens is 560 g/mol. The summed E-state index contributed by atoms with van der Waals surface area (Å²) < 4.78 is 40.1. The molecule has 0 bridgehead atoms. The molecule has 0 radical (unpaired) electrons. The summed E-state index contributed by atoms with van der Waals surface area (Å²) in [4.78, 5) is 29.9. The van der Waals surface area contributed by atoms with Crippen molar-refractivity contribution in [2.45, 2.75) is 69.0 Å². The maximum absolute atomic E-state index is 13.7. The Labute approximate surface area is 248 Å². The van der Waals surface area contributed by atoms with Crippen LogP contribution in [0.5, 0.6) is 11.5 Å². The molecule has 3 atom stereocenters. The highest BCUT2D eigenvalue weighted by atomic mass is 32.2. The third kappa shape index (κ3) is 7.46. The molecule has 2 aliphatic rings. The first-order chi connectivity index (χ1) is 20.0. The summed E-state index contributed by atoms with van der Waals surface area (Å²) >= 11 is 0. The van der Waals surface area contributed by atoms with Crippen LogP contribution in [0.4, 0.5) is 10.5 Å². The number of likely N-dealkylation sites (N-methyl/N-ethyl adjacent to an activating group) is 1. The lowest BCUT2D eigenvalue weighted by Gasteiger charge is -2.38. The lowest BCUT2D eigenvalue weighted by molar-refractivity contribution is 0.0366. The van der Waals surface area contributed by atoms with Crippen molar-refractivity contribution in [1.82, 2.24) is 15.1 Å². The minimum absolute atomic E-state index is 0.0385. The number of hydrogen-bond donors (Lipinski definition) is 3. The van der Waals surface area contributed by atoms with Gasteiger partial charge in [0.05, 0.1) is 36.8 Å². The summed E-state index contributed by atoms with van der Waals surface area (Å²) in [5.41, 5.74) is 0.351. The minimum atomic E-state index is -3.95. The molecule has 2 aromatic carbocycles. The molecule has 0 unspecified atom stereocenters. The molecule has 1 aliphatic heterocycles. The normalized spacial score (nSPS) is 20.4. The zero-order valence-corrected chi connectivity index (χ0v) is 25.5. The topological polar surface area (TPSA) is 138 Å². The highest BCUT2D eigenvalue weighted by molar-refractivity contribution is 7.92. The number of carbonyl (C=O) groups is 2. The van der Waals surface area contributed by atoms with Gasteiger partial charge in [-0.2, -0.15) is 0 Å². The summed E-state index contributed by atoms with van der Waals surface area (Å²) in [7, 11) is -0.731. The van der Waals surface area contributed by atoms with E-state index in [1.54, 1.807) is 42.0 Å². The smallest absolute Gasteiger partial charge is 0.317 e. The van der Waals surface area contributed by atoms with Crippen LogP contribution in [0.15, 0.2) is 47.4 Å². The summed E-state index contributed by atoms with van der Waals surface area (Å²) in [6, 6.07) is 10.0. The van der Waals surface area contributed by atoms with Crippen LogP contribution in [0.25, 0.3) is 0 Å². The summed E-state index contributed by atoms with van der Waals surface area (Å²) in [5, 5.41) is 13.0. The number of aliphatic hydroxyl groups excluding tert-OH is 1. The Hall–Kier alpha value is -3.51. The lowest BCUT2D eigenvalue weighted by Crippen LogP contribution is -2.52. The van der Waals surface area contributed by atoms with E-state index in [1.165, 1.54) is 37.8 Å². The summed E-state index contributed by atoms with van der Waals surface area (Å²) in [5.74, 6) is 0.247. The molecule has 12 heteroatoms. The van der Waals surface area contributed by atoms with Gasteiger partial charge in [-0.25, -0.2) is 13.2 Å². The quantitative estimate of drug-likeness (QED) is 0.398. The van der Waals surface area contributed by atoms with Gasteiger partial charge < -0.3 is 29.7 Å². The number of ether oxygens (including phenoxy) is 2. The van der Waals surface area contributed by atoms with Crippen molar-refractivity contribution < 1.29 is 32.6 Å². The average molecular weight is 603 g/mol. The van der Waals surface area contributed by atoms with E-state index in [4.69, 9.17) is 9.47 Å². The average Bonchev–Trinajstić information content (AvgIpc) is 2.99. The monoisotopic (exact) mass is 602 g/mol. The van der Waals surface area contributed by atoms with Crippen LogP contribution in [-0.2, 0) is 10.0 Å². The van der Waals surface area contributed by atoms with E-state index < -0.39 is 22.2 Å². The molecule has 1 saturated carbocycles. The summed E-state index contributed by atoms with van der Waals surface area (Å²) in [6.07, 6.45) is 4.91. The number of hydrogen-bond acceptors (Lipinski definition) is 7. The van der Waals surface area contributed by atoms with E-state index in [-0.39, 0.29) is 65.5 Å². The predicted octanol–water partition coefficient (Wildman–Crippen LogP) is 3.69. The summed E-state index contributed by atoms with van der Waals surface area (Å²) in [6.45, 7) is 4.02. The van der Waals surface area contributed by atoms with Gasteiger partial charge in [-0.1, -0.05) is 26.2 Å². The van der Waals surface area contributed by atoms with E-state index >= 15 is 0 Å². The second-order valence-corrected chi connectivity index (χ2v) is 13.0. The highest BCUT2D eigenvalue weighted by Crippen LogP contribution is 2.31. The first-order valence-electron chi connectivity index (χ1n) is 14.4. The molecule has 4 rings (SSSR count). The zero-order valence-electron chi connectivity index (χ0n) is 24.7. The van der Waals surface area contributed by atoms with Gasteiger partial charge in [-0.05, 0) is 62.2 Å². The zero-order chi connectivity index (χ0) is 30.4. The van der Waals surface area contributed by atoms with Crippen molar-refractivity contribution in [2.24, 2.45) is 5.92 Å². The van der Waals surface area contributed by atoms with Crippen molar-refractivity contribution in [2.75, 3.05) is 38.6 Å². The van der Waals surface area contributed by atoms with Crippen LogP contribution in [0.1, 0.15) is 56.3 Å². The van der Waals surface area contributed by atoms with Crippen molar-refractivity contribution in [3.63, 3.8) is 0 Å². The number of sulfonamides is 1. The van der Waals surface area contributed by atoms with E-state index in [9.17, 15) is 23.1 Å². The van der Waals surface area contributed by atoms with Crippen LogP contribution in [0, 0.1) is 5.92 Å². The molecule has 1 aliphatic carbocycles. The van der Waals surface area contributed by atoms with Crippen molar-refractivity contribution in [3.8, 4) is 11.5 Å². The van der Waals surface area contributed by atoms with Crippen LogP contribution in [-0.4, -0.2) is 87.3 Å². The molecule has 230 valence electrons. The molecule has 2 aromatic rings. The third-order valence-corrected chi connectivity index (χ3v) is 9.42. The van der Waals surface area contributed by atoms with E-state index in [0.29, 0.717) is 5.75 Å². The number of aliphatic hydroxyl groups is 1. The lowest BCUT2D eigenvalue weighted by atomic mass is 9.96. The van der Waals surface area contributed by atoms with E-state index in [2.05, 4.69) is 10.0 Å². The van der Waals surface area contributed by atoms with Gasteiger partial charge in [0.25, 0.3) is 15.9 Å². The fourth-order valence-corrected chi connectivity index (χ4v) is 6.41. The number of rotatable bonds is 9. The van der Waals surface area contributed by atoms with Gasteiger partial charge in [0.1, 0.15) is 17.6 Å². The van der Waals surface area contributed by atoms with Gasteiger partial charge in [-0.3, -0.25) is 9.52 Å². The number of methoxy groups -OCH3 is 1. The predicted molar refractivity (Wildman–Crippen MR) is 159 cm³/mol. The largest absolute Gasteiger partial charge is 0.497 e. The third-order valence-electron chi connectivity index (χ3n) is 8.02. The molecule has 0 aromatic heterocycles. The molecule has 3 N–H and O–H groups in total. The fraction of sp³-hybridized carbons (Fsp3) is 0.533. The van der Waals surface area contributed by atoms with Crippen molar-refractivity contribution in [3.05, 3.63) is 48.0 Å². The van der Waals surface area contributed by atoms with Crippen LogP contribution >= 0.6 is 0 Å². The highest BCUT2D eigenvalue weighted by Gasteiger charge is 2.34. The Morgan fingerprint density at radius 3 is 2.50 bits per heavy atom. The molecule has 1 heterocycles. The molecule has 3 amide bonds. The van der Waals surface area contributed by atoms with Crippen LogP contribution < -0.4 is 19.5 Å². The number of amides is 3. The van der Waals surface area contributed by atoms with Gasteiger partial charge in [0.2, 0.25) is 0 Å². The SMILES string of the molecule is COc1ccc(S(=O)(=O)Nc2ccc3c(c2)C(=O)N([C@@H](C)CO)C[C@@H](C)[C@H](CN(C)C(=O)NC2CCCCC2)O3)cc1. The first-order valence-corrected chi connectivity index (χ1v) is 15.9. The van der Waals surface area contributed by atoms with Crippen LogP contribution in [0.2, 0.25) is 0 Å². The standard InChI is InChI=1S/C30H42N4O7S/c1-20-17-34(21(2)19-35)29(36)26-16-23(32-42(38,39)25-13-11-24(40-4)12-14-25)10-15-27(26)41-28(20)18-33(3)30(37)31-22-8-6-5-7-9-22/h10-16,20-22,28,32,35H,5-9,17-19H2,1-4H3,(H,31,37)/t20-,21+,28+/m1/s1. The molecular formula is C30H42N4O7S. The molecule has 42 heavy (non-hydrogen) atoms. The van der Waals surface area contributed by atoms with Crippen molar-refractivity contribution >= 4 is 27.6 Å². The number of carbonyl (C=O) groups excluding carboxylic acids is 2. The van der Waals surface area contributed by atoms with Gasteiger partial charge >= 0.3 is 6.03 Å². The Bertz CT molecular complexity index is 1350. The number of urea groups is 1. The molecule has 0 saturated heterocycles. The van der Waals surface area contributed by atoms with Crippen LogP contribution in [0.3, 0.4) is 0 Å². The number of fused-ring (bicyclic) bond motifs is 1. The van der Waals surface area contributed by atoms with Gasteiger partial charge in [0.15, 0.2) is 0 Å². The fourth-order valence-electron chi connectivity index (χ4n) is 5.36. The van der Waals surface area contributed by atoms with E-state index in [0.717, 1.165) is 25.7 Å². The Morgan fingerprint density at radius 2 is 1.86 bits per heavy atom. The Morgan fingerprint density at radius 1 is 1.17 bits per heavy atom. The number of benzene rings is 2. The second-order valence-electron chi connectivity index (χ2n) is 11.3. The van der Waals surface area contributed by atoms with Crippen molar-refractivity contribution in [1.29, 1.82) is 0 Å². The maximum atomic E-state index is 13.7. The molecule has 1 fully saturated rings. The number of nitrogens with one attached hydrogen (secondary N) is 2. The second kappa shape index (κ2) is 13.6. The Kier molecular flexibility index (Phi) is 10.2. The van der Waals surface area contributed by atoms with Gasteiger partial charge in [0, 0.05) is 31.2 Å². The molecule has 11 nitrogen and oxygen atoms in total. The Balaban J connectivity index is 1.58. The number of anilines is 1. The number of nitrogens with zero attached hydrogens (tertiary/aromatic N) is 2. The molecule has 0 spiro atoms. The van der Waals surface area contributed by atoms with E-state index in [1.807, 2.05) is 6.92 Å². The minimum Gasteiger partial charge on any atom is -0.497 e. The maximum Gasteiger partial charge on any atom is 0.317 e. The first kappa shape index (κ1) is 31.4.